The minimum Gasteiger partial charge on any atom is -0.350 e. The molecule has 2 rings (SSSR count). The zero-order valence-electron chi connectivity index (χ0n) is 13.3. The summed E-state index contributed by atoms with van der Waals surface area (Å²) in [6, 6.07) is 11.1. The van der Waals surface area contributed by atoms with Gasteiger partial charge in [0.2, 0.25) is 5.91 Å². The van der Waals surface area contributed by atoms with E-state index in [1.54, 1.807) is 6.07 Å². The first-order chi connectivity index (χ1) is 10.7. The van der Waals surface area contributed by atoms with Crippen LogP contribution in [-0.2, 0) is 4.79 Å². The third-order valence-electron chi connectivity index (χ3n) is 2.88. The number of hydrogen-bond donors (Lipinski definition) is 2. The molecule has 0 fully saturated rings. The molecule has 0 saturated carbocycles. The maximum Gasteiger partial charge on any atom is 0.261 e. The van der Waals surface area contributed by atoms with Crippen molar-refractivity contribution in [3.63, 3.8) is 0 Å². The number of benzene rings is 1. The number of carbonyl (C=O) groups is 2. The Morgan fingerprint density at radius 1 is 1.09 bits per heavy atom. The molecule has 23 heavy (non-hydrogen) atoms. The SMILES string of the molecule is CC(C)(C)NC(=O)CNC(=O)c1ccc(-c2ccc(Cl)cc2)s1. The van der Waals surface area contributed by atoms with E-state index >= 15 is 0 Å². The summed E-state index contributed by atoms with van der Waals surface area (Å²) in [5.74, 6) is -0.459. The van der Waals surface area contributed by atoms with Gasteiger partial charge in [0.1, 0.15) is 0 Å². The lowest BCUT2D eigenvalue weighted by molar-refractivity contribution is -0.121. The molecule has 4 nitrogen and oxygen atoms in total. The number of thiophene rings is 1. The molecule has 0 saturated heterocycles. The molecule has 1 aromatic carbocycles. The second-order valence-corrected chi connectivity index (χ2v) is 7.67. The fourth-order valence-electron chi connectivity index (χ4n) is 1.94. The van der Waals surface area contributed by atoms with Gasteiger partial charge in [-0.1, -0.05) is 23.7 Å². The molecular weight excluding hydrogens is 332 g/mol. The van der Waals surface area contributed by atoms with Gasteiger partial charge in [0.15, 0.2) is 0 Å². The van der Waals surface area contributed by atoms with Crippen LogP contribution in [0, 0.1) is 0 Å². The number of nitrogens with one attached hydrogen (secondary N) is 2. The Labute approximate surface area is 144 Å². The van der Waals surface area contributed by atoms with Crippen LogP contribution in [0.25, 0.3) is 10.4 Å². The van der Waals surface area contributed by atoms with Crippen LogP contribution in [0.15, 0.2) is 36.4 Å². The van der Waals surface area contributed by atoms with Gasteiger partial charge in [0.25, 0.3) is 5.91 Å². The number of rotatable bonds is 4. The molecule has 0 bridgehead atoms. The fourth-order valence-corrected chi connectivity index (χ4v) is 2.99. The van der Waals surface area contributed by atoms with Crippen LogP contribution in [-0.4, -0.2) is 23.9 Å². The summed E-state index contributed by atoms with van der Waals surface area (Å²) >= 11 is 7.25. The van der Waals surface area contributed by atoms with E-state index in [2.05, 4.69) is 10.6 Å². The minimum atomic E-state index is -0.313. The highest BCUT2D eigenvalue weighted by molar-refractivity contribution is 7.17. The molecule has 0 aliphatic heterocycles. The van der Waals surface area contributed by atoms with Crippen LogP contribution in [0.2, 0.25) is 5.02 Å². The Balaban J connectivity index is 1.96. The number of halogens is 1. The standard InChI is InChI=1S/C17H19ClN2O2S/c1-17(2,3)20-15(21)10-19-16(22)14-9-8-13(23-14)11-4-6-12(18)7-5-11/h4-9H,10H2,1-3H3,(H,19,22)(H,20,21). The lowest BCUT2D eigenvalue weighted by Gasteiger charge is -2.20. The van der Waals surface area contributed by atoms with E-state index in [0.717, 1.165) is 10.4 Å². The third-order valence-corrected chi connectivity index (χ3v) is 4.27. The largest absolute Gasteiger partial charge is 0.350 e. The van der Waals surface area contributed by atoms with Gasteiger partial charge in [-0.15, -0.1) is 11.3 Å². The summed E-state index contributed by atoms with van der Waals surface area (Å²) in [6.07, 6.45) is 0. The van der Waals surface area contributed by atoms with Gasteiger partial charge in [-0.3, -0.25) is 9.59 Å². The maximum atomic E-state index is 12.1. The van der Waals surface area contributed by atoms with Crippen molar-refractivity contribution in [2.24, 2.45) is 0 Å². The Bertz CT molecular complexity index is 702. The lowest BCUT2D eigenvalue weighted by atomic mass is 10.1. The summed E-state index contributed by atoms with van der Waals surface area (Å²) < 4.78 is 0. The van der Waals surface area contributed by atoms with Crippen LogP contribution in [0.1, 0.15) is 30.4 Å². The average molecular weight is 351 g/mol. The van der Waals surface area contributed by atoms with Gasteiger partial charge in [0, 0.05) is 15.4 Å². The molecule has 122 valence electrons. The highest BCUT2D eigenvalue weighted by Crippen LogP contribution is 2.28. The normalized spacial score (nSPS) is 11.1. The second-order valence-electron chi connectivity index (χ2n) is 6.15. The van der Waals surface area contributed by atoms with Crippen molar-refractivity contribution in [1.29, 1.82) is 0 Å². The summed E-state index contributed by atoms with van der Waals surface area (Å²) in [5, 5.41) is 6.11. The molecule has 2 aromatic rings. The Hall–Kier alpha value is -1.85. The number of carbonyl (C=O) groups excluding carboxylic acids is 2. The van der Waals surface area contributed by atoms with Crippen LogP contribution < -0.4 is 10.6 Å². The molecule has 1 aromatic heterocycles. The zero-order chi connectivity index (χ0) is 17.0. The number of hydrogen-bond acceptors (Lipinski definition) is 3. The minimum absolute atomic E-state index is 0.0374. The Kier molecular flexibility index (Phi) is 5.44. The monoisotopic (exact) mass is 350 g/mol. The van der Waals surface area contributed by atoms with E-state index in [4.69, 9.17) is 11.6 Å². The van der Waals surface area contributed by atoms with Gasteiger partial charge in [-0.2, -0.15) is 0 Å². The van der Waals surface area contributed by atoms with Crippen LogP contribution in [0.3, 0.4) is 0 Å². The molecule has 6 heteroatoms. The first kappa shape index (κ1) is 17.5. The summed E-state index contributed by atoms with van der Waals surface area (Å²) in [4.78, 5) is 25.4. The zero-order valence-corrected chi connectivity index (χ0v) is 14.8. The van der Waals surface area contributed by atoms with Gasteiger partial charge >= 0.3 is 0 Å². The molecule has 0 atom stereocenters. The number of amides is 2. The topological polar surface area (TPSA) is 58.2 Å². The molecule has 2 amide bonds. The highest BCUT2D eigenvalue weighted by Gasteiger charge is 2.15. The second kappa shape index (κ2) is 7.15. The summed E-state index contributed by atoms with van der Waals surface area (Å²) in [6.45, 7) is 5.64. The third kappa shape index (κ3) is 5.37. The van der Waals surface area contributed by atoms with Crippen molar-refractivity contribution < 1.29 is 9.59 Å². The van der Waals surface area contributed by atoms with E-state index < -0.39 is 0 Å². The molecule has 0 spiro atoms. The van der Waals surface area contributed by atoms with E-state index in [1.807, 2.05) is 51.1 Å². The van der Waals surface area contributed by atoms with Crippen molar-refractivity contribution in [2.75, 3.05) is 6.54 Å². The summed E-state index contributed by atoms with van der Waals surface area (Å²) in [7, 11) is 0. The quantitative estimate of drug-likeness (QED) is 0.883. The van der Waals surface area contributed by atoms with Crippen LogP contribution in [0.5, 0.6) is 0 Å². The smallest absolute Gasteiger partial charge is 0.261 e. The maximum absolute atomic E-state index is 12.1. The molecule has 0 unspecified atom stereocenters. The van der Waals surface area contributed by atoms with Gasteiger partial charge in [0.05, 0.1) is 11.4 Å². The first-order valence-electron chi connectivity index (χ1n) is 7.19. The lowest BCUT2D eigenvalue weighted by Crippen LogP contribution is -2.45. The van der Waals surface area contributed by atoms with Crippen LogP contribution in [0.4, 0.5) is 0 Å². The Morgan fingerprint density at radius 2 is 1.74 bits per heavy atom. The van der Waals surface area contributed by atoms with E-state index in [1.165, 1.54) is 11.3 Å². The average Bonchev–Trinajstić information content (AvgIpc) is 2.93. The van der Waals surface area contributed by atoms with Crippen molar-refractivity contribution >= 4 is 34.8 Å². The molecule has 1 heterocycles. The highest BCUT2D eigenvalue weighted by atomic mass is 35.5. The van der Waals surface area contributed by atoms with Gasteiger partial charge in [-0.25, -0.2) is 0 Å². The van der Waals surface area contributed by atoms with E-state index in [-0.39, 0.29) is 23.9 Å². The van der Waals surface area contributed by atoms with Gasteiger partial charge < -0.3 is 10.6 Å². The van der Waals surface area contributed by atoms with Crippen LogP contribution >= 0.6 is 22.9 Å². The predicted octanol–water partition coefficient (Wildman–Crippen LogP) is 3.71. The van der Waals surface area contributed by atoms with Gasteiger partial charge in [-0.05, 0) is 50.6 Å². The predicted molar refractivity (Wildman–Crippen MR) is 95.0 cm³/mol. The van der Waals surface area contributed by atoms with Crippen molar-refractivity contribution in [3.05, 3.63) is 46.3 Å². The van der Waals surface area contributed by atoms with Crippen molar-refractivity contribution in [3.8, 4) is 10.4 Å². The molecule has 0 aliphatic rings. The van der Waals surface area contributed by atoms with E-state index in [0.29, 0.717) is 9.90 Å². The van der Waals surface area contributed by atoms with Crippen molar-refractivity contribution in [1.82, 2.24) is 10.6 Å². The molecule has 0 radical (unpaired) electrons. The molecule has 0 aliphatic carbocycles. The Morgan fingerprint density at radius 3 is 2.35 bits per heavy atom. The molecular formula is C17H19ClN2O2S. The first-order valence-corrected chi connectivity index (χ1v) is 8.39. The summed E-state index contributed by atoms with van der Waals surface area (Å²) in [5.41, 5.74) is 0.691. The fraction of sp³-hybridized carbons (Fsp3) is 0.294. The van der Waals surface area contributed by atoms with Crippen molar-refractivity contribution in [2.45, 2.75) is 26.3 Å². The van der Waals surface area contributed by atoms with E-state index in [9.17, 15) is 9.59 Å². The molecule has 2 N–H and O–H groups in total.